The number of nitrogens with one attached hydrogen (secondary N) is 4. The van der Waals surface area contributed by atoms with Gasteiger partial charge in [0.05, 0.1) is 29.2 Å². The minimum atomic E-state index is -4.02. The molecule has 3 aromatic rings. The standard InChI is InChI=1S/C22H25ClFN7O4S/c1-11(28-22(32)35-3)10-27-21-26-7-6-15(29-21)19-18(30-20(31-19)12-4-5-12)14-8-13(24)9-16(17(14)23)36(33,34)25-2/h6-9,11-12,25H,4-5,10H2,1-3H3,(H,28,32)(H,30,31)(H,26,27,29)/t11-/m0/s1. The molecule has 0 unspecified atom stereocenters. The zero-order chi connectivity index (χ0) is 26.0. The lowest BCUT2D eigenvalue weighted by Crippen LogP contribution is -2.37. The van der Waals surface area contributed by atoms with E-state index in [2.05, 4.69) is 40.0 Å². The molecule has 1 atom stereocenters. The monoisotopic (exact) mass is 537 g/mol. The van der Waals surface area contributed by atoms with Crippen molar-refractivity contribution in [2.45, 2.75) is 36.6 Å². The molecule has 192 valence electrons. The maximum atomic E-state index is 14.6. The Kier molecular flexibility index (Phi) is 7.43. The summed E-state index contributed by atoms with van der Waals surface area (Å²) in [5.41, 5.74) is 1.28. The van der Waals surface area contributed by atoms with Gasteiger partial charge < -0.3 is 20.4 Å². The van der Waals surface area contributed by atoms with Crippen molar-refractivity contribution in [1.82, 2.24) is 30.0 Å². The van der Waals surface area contributed by atoms with Gasteiger partial charge >= 0.3 is 6.09 Å². The molecule has 2 heterocycles. The van der Waals surface area contributed by atoms with Gasteiger partial charge in [0.2, 0.25) is 16.0 Å². The molecule has 11 nitrogen and oxygen atoms in total. The van der Waals surface area contributed by atoms with Gasteiger partial charge in [0.15, 0.2) is 0 Å². The van der Waals surface area contributed by atoms with E-state index in [0.29, 0.717) is 23.8 Å². The summed E-state index contributed by atoms with van der Waals surface area (Å²) in [5, 5.41) is 5.52. The van der Waals surface area contributed by atoms with Gasteiger partial charge in [-0.1, -0.05) is 11.6 Å². The van der Waals surface area contributed by atoms with Crippen molar-refractivity contribution in [3.63, 3.8) is 0 Å². The Balaban J connectivity index is 1.73. The van der Waals surface area contributed by atoms with Crippen LogP contribution < -0.4 is 15.4 Å². The normalized spacial score (nSPS) is 14.4. The molecule has 14 heteroatoms. The number of hydrogen-bond donors (Lipinski definition) is 4. The van der Waals surface area contributed by atoms with Gasteiger partial charge in [0, 0.05) is 30.3 Å². The number of anilines is 1. The van der Waals surface area contributed by atoms with Gasteiger partial charge in [-0.15, -0.1) is 0 Å². The molecule has 1 amide bonds. The molecule has 0 radical (unpaired) electrons. The number of H-pyrrole nitrogens is 1. The number of amides is 1. The molecule has 0 saturated heterocycles. The number of imidazole rings is 1. The molecule has 1 fully saturated rings. The third kappa shape index (κ3) is 5.58. The Labute approximate surface area is 212 Å². The van der Waals surface area contributed by atoms with Gasteiger partial charge in [0.25, 0.3) is 0 Å². The third-order valence-electron chi connectivity index (χ3n) is 5.53. The Morgan fingerprint density at radius 2 is 2.08 bits per heavy atom. The number of carbonyl (C=O) groups excluding carboxylic acids is 1. The Morgan fingerprint density at radius 1 is 1.33 bits per heavy atom. The Hall–Kier alpha value is -3.29. The van der Waals surface area contributed by atoms with Crippen molar-refractivity contribution in [2.24, 2.45) is 0 Å². The highest BCUT2D eigenvalue weighted by Gasteiger charge is 2.31. The van der Waals surface area contributed by atoms with Crippen molar-refractivity contribution >= 4 is 33.7 Å². The number of rotatable bonds is 9. The first kappa shape index (κ1) is 25.8. The molecule has 2 aromatic heterocycles. The second-order valence-electron chi connectivity index (χ2n) is 8.28. The average Bonchev–Trinajstić information content (AvgIpc) is 3.62. The number of sulfonamides is 1. The second kappa shape index (κ2) is 10.4. The Morgan fingerprint density at radius 3 is 2.75 bits per heavy atom. The fourth-order valence-corrected chi connectivity index (χ4v) is 4.84. The molecule has 4 N–H and O–H groups in total. The maximum absolute atomic E-state index is 14.6. The summed E-state index contributed by atoms with van der Waals surface area (Å²) in [7, 11) is -1.52. The van der Waals surface area contributed by atoms with Gasteiger partial charge in [-0.2, -0.15) is 0 Å². The van der Waals surface area contributed by atoms with Crippen LogP contribution in [0, 0.1) is 5.82 Å². The molecule has 0 spiro atoms. The van der Waals surface area contributed by atoms with Crippen LogP contribution >= 0.6 is 11.6 Å². The predicted molar refractivity (Wildman–Crippen MR) is 132 cm³/mol. The summed E-state index contributed by atoms with van der Waals surface area (Å²) in [6.07, 6.45) is 2.88. The summed E-state index contributed by atoms with van der Waals surface area (Å²) in [6, 6.07) is 3.39. The van der Waals surface area contributed by atoms with Gasteiger partial charge in [-0.3, -0.25) is 0 Å². The van der Waals surface area contributed by atoms with Gasteiger partial charge in [0.1, 0.15) is 16.5 Å². The summed E-state index contributed by atoms with van der Waals surface area (Å²) in [4.78, 5) is 27.6. The zero-order valence-electron chi connectivity index (χ0n) is 19.7. The van der Waals surface area contributed by atoms with Crippen LogP contribution in [0.2, 0.25) is 5.02 Å². The fraction of sp³-hybridized carbons (Fsp3) is 0.364. The minimum Gasteiger partial charge on any atom is -0.453 e. The van der Waals surface area contributed by atoms with E-state index in [-0.39, 0.29) is 39.1 Å². The summed E-state index contributed by atoms with van der Waals surface area (Å²) < 4.78 is 46.2. The highest BCUT2D eigenvalue weighted by molar-refractivity contribution is 7.89. The summed E-state index contributed by atoms with van der Waals surface area (Å²) in [6.45, 7) is 2.11. The van der Waals surface area contributed by atoms with Crippen LogP contribution in [0.3, 0.4) is 0 Å². The van der Waals surface area contributed by atoms with Gasteiger partial charge in [-0.05, 0) is 45.0 Å². The number of methoxy groups -OCH3 is 1. The highest BCUT2D eigenvalue weighted by Crippen LogP contribution is 2.43. The third-order valence-corrected chi connectivity index (χ3v) is 7.49. The van der Waals surface area contributed by atoms with E-state index in [9.17, 15) is 17.6 Å². The first-order chi connectivity index (χ1) is 17.1. The first-order valence-electron chi connectivity index (χ1n) is 11.1. The van der Waals surface area contributed by atoms with Gasteiger partial charge in [-0.25, -0.2) is 37.3 Å². The average molecular weight is 538 g/mol. The SMILES string of the molecule is CNS(=O)(=O)c1cc(F)cc(-c2nc(C3CC3)[nH]c2-c2ccnc(NC[C@H](C)NC(=O)OC)n2)c1Cl. The molecule has 4 rings (SSSR count). The van der Waals surface area contributed by atoms with Crippen LogP contribution in [-0.2, 0) is 14.8 Å². The van der Waals surface area contributed by atoms with Crippen molar-refractivity contribution in [3.05, 3.63) is 41.1 Å². The summed E-state index contributed by atoms with van der Waals surface area (Å²) in [5.74, 6) is 0.406. The van der Waals surface area contributed by atoms with E-state index in [1.807, 2.05) is 0 Å². The number of aromatic amines is 1. The molecular formula is C22H25ClFN7O4S. The van der Waals surface area contributed by atoms with Crippen LogP contribution in [0.4, 0.5) is 15.1 Å². The van der Waals surface area contributed by atoms with Crippen molar-refractivity contribution < 1.29 is 22.3 Å². The van der Waals surface area contributed by atoms with Crippen molar-refractivity contribution in [2.75, 3.05) is 26.0 Å². The van der Waals surface area contributed by atoms with E-state index in [1.54, 1.807) is 13.0 Å². The molecule has 1 aliphatic carbocycles. The van der Waals surface area contributed by atoms with E-state index in [0.717, 1.165) is 25.0 Å². The van der Waals surface area contributed by atoms with E-state index in [1.165, 1.54) is 20.4 Å². The summed E-state index contributed by atoms with van der Waals surface area (Å²) >= 11 is 6.48. The van der Waals surface area contributed by atoms with Crippen LogP contribution in [0.1, 0.15) is 31.5 Å². The molecule has 0 bridgehead atoms. The molecule has 1 aliphatic rings. The number of alkyl carbamates (subject to hydrolysis) is 1. The zero-order valence-corrected chi connectivity index (χ0v) is 21.3. The minimum absolute atomic E-state index is 0.118. The number of carbonyl (C=O) groups is 1. The molecule has 0 aliphatic heterocycles. The number of hydrogen-bond acceptors (Lipinski definition) is 8. The number of aromatic nitrogens is 4. The lowest BCUT2D eigenvalue weighted by Gasteiger charge is -2.14. The lowest BCUT2D eigenvalue weighted by molar-refractivity contribution is 0.168. The fourth-order valence-electron chi connectivity index (χ4n) is 3.50. The van der Waals surface area contributed by atoms with Crippen molar-refractivity contribution in [1.29, 1.82) is 0 Å². The van der Waals surface area contributed by atoms with Crippen LogP contribution in [-0.4, -0.2) is 61.2 Å². The Bertz CT molecular complexity index is 1400. The van der Waals surface area contributed by atoms with Crippen molar-refractivity contribution in [3.8, 4) is 22.6 Å². The van der Waals surface area contributed by atoms with Crippen LogP contribution in [0.25, 0.3) is 22.6 Å². The molecule has 36 heavy (non-hydrogen) atoms. The smallest absolute Gasteiger partial charge is 0.407 e. The number of halogens is 2. The van der Waals surface area contributed by atoms with Crippen LogP contribution in [0.5, 0.6) is 0 Å². The quantitative estimate of drug-likeness (QED) is 0.324. The lowest BCUT2D eigenvalue weighted by atomic mass is 10.1. The number of nitrogens with zero attached hydrogens (tertiary/aromatic N) is 3. The highest BCUT2D eigenvalue weighted by atomic mass is 35.5. The van der Waals surface area contributed by atoms with E-state index in [4.69, 9.17) is 11.6 Å². The van der Waals surface area contributed by atoms with E-state index < -0.39 is 21.9 Å². The maximum Gasteiger partial charge on any atom is 0.407 e. The number of ether oxygens (including phenoxy) is 1. The van der Waals surface area contributed by atoms with E-state index >= 15 is 0 Å². The topological polar surface area (TPSA) is 151 Å². The largest absolute Gasteiger partial charge is 0.453 e. The number of benzene rings is 1. The molecule has 1 saturated carbocycles. The first-order valence-corrected chi connectivity index (χ1v) is 12.9. The molecular weight excluding hydrogens is 513 g/mol. The van der Waals surface area contributed by atoms with Crippen LogP contribution in [0.15, 0.2) is 29.3 Å². The predicted octanol–water partition coefficient (Wildman–Crippen LogP) is 3.27. The second-order valence-corrected chi connectivity index (χ2v) is 10.5. The molecule has 1 aromatic carbocycles.